The molecular formula is C14H21BrN2O2. The van der Waals surface area contributed by atoms with Gasteiger partial charge in [-0.1, -0.05) is 12.1 Å². The molecule has 1 amide bonds. The number of hydrogen-bond donors (Lipinski definition) is 2. The lowest BCUT2D eigenvalue weighted by Gasteiger charge is -2.27. The van der Waals surface area contributed by atoms with Crippen molar-refractivity contribution in [2.24, 2.45) is 0 Å². The van der Waals surface area contributed by atoms with Crippen LogP contribution in [0.4, 0.5) is 0 Å². The zero-order chi connectivity index (χ0) is 14.6. The SMILES string of the molecule is Cc1cccc(C(=O)NCC(C)(O)CN(C)C)c1Br. The van der Waals surface area contributed by atoms with Crippen LogP contribution in [0.2, 0.25) is 0 Å². The topological polar surface area (TPSA) is 52.6 Å². The Labute approximate surface area is 122 Å². The highest BCUT2D eigenvalue weighted by Gasteiger charge is 2.23. The molecule has 0 bridgehead atoms. The number of carbonyl (C=O) groups is 1. The number of halogens is 1. The minimum atomic E-state index is -0.949. The van der Waals surface area contributed by atoms with Crippen molar-refractivity contribution in [1.82, 2.24) is 10.2 Å². The molecule has 0 fully saturated rings. The first kappa shape index (κ1) is 16.1. The average Bonchev–Trinajstić information content (AvgIpc) is 2.28. The van der Waals surface area contributed by atoms with Crippen LogP contribution in [0.3, 0.4) is 0 Å². The van der Waals surface area contributed by atoms with Crippen LogP contribution in [0.5, 0.6) is 0 Å². The third kappa shape index (κ3) is 4.93. The van der Waals surface area contributed by atoms with Crippen molar-refractivity contribution in [3.63, 3.8) is 0 Å². The van der Waals surface area contributed by atoms with Gasteiger partial charge in [0.25, 0.3) is 5.91 Å². The maximum atomic E-state index is 12.1. The number of amides is 1. The molecule has 0 saturated heterocycles. The zero-order valence-corrected chi connectivity index (χ0v) is 13.4. The molecule has 0 aromatic heterocycles. The number of likely N-dealkylation sites (N-methyl/N-ethyl adjacent to an activating group) is 1. The number of aliphatic hydroxyl groups is 1. The van der Waals surface area contributed by atoms with Crippen LogP contribution in [0.1, 0.15) is 22.8 Å². The first-order valence-electron chi connectivity index (χ1n) is 6.13. The van der Waals surface area contributed by atoms with Crippen molar-refractivity contribution in [2.75, 3.05) is 27.2 Å². The molecule has 0 saturated carbocycles. The van der Waals surface area contributed by atoms with Crippen LogP contribution < -0.4 is 5.32 Å². The largest absolute Gasteiger partial charge is 0.387 e. The van der Waals surface area contributed by atoms with E-state index in [0.29, 0.717) is 12.1 Å². The molecule has 0 heterocycles. The van der Waals surface area contributed by atoms with E-state index in [0.717, 1.165) is 10.0 Å². The Balaban J connectivity index is 2.68. The molecule has 0 spiro atoms. The molecule has 1 aromatic carbocycles. The van der Waals surface area contributed by atoms with Crippen molar-refractivity contribution in [2.45, 2.75) is 19.4 Å². The van der Waals surface area contributed by atoms with E-state index in [2.05, 4.69) is 21.2 Å². The Morgan fingerprint density at radius 2 is 2.11 bits per heavy atom. The number of nitrogens with zero attached hydrogens (tertiary/aromatic N) is 1. The maximum absolute atomic E-state index is 12.1. The standard InChI is InChI=1S/C14H21BrN2O2/c1-10-6-5-7-11(12(10)15)13(18)16-8-14(2,19)9-17(3)4/h5-7,19H,8-9H2,1-4H3,(H,16,18). The quantitative estimate of drug-likeness (QED) is 0.866. The number of hydrogen-bond acceptors (Lipinski definition) is 3. The van der Waals surface area contributed by atoms with Crippen molar-refractivity contribution in [3.05, 3.63) is 33.8 Å². The lowest BCUT2D eigenvalue weighted by atomic mass is 10.1. The van der Waals surface area contributed by atoms with E-state index >= 15 is 0 Å². The number of aryl methyl sites for hydroxylation is 1. The van der Waals surface area contributed by atoms with E-state index in [-0.39, 0.29) is 12.5 Å². The van der Waals surface area contributed by atoms with E-state index in [4.69, 9.17) is 0 Å². The second-order valence-electron chi connectivity index (χ2n) is 5.35. The molecule has 2 N–H and O–H groups in total. The predicted octanol–water partition coefficient (Wildman–Crippen LogP) is 1.80. The Kier molecular flexibility index (Phi) is 5.52. The van der Waals surface area contributed by atoms with E-state index in [1.165, 1.54) is 0 Å². The molecule has 4 nitrogen and oxygen atoms in total. The summed E-state index contributed by atoms with van der Waals surface area (Å²) in [6.07, 6.45) is 0. The van der Waals surface area contributed by atoms with Crippen LogP contribution >= 0.6 is 15.9 Å². The molecular weight excluding hydrogens is 308 g/mol. The Morgan fingerprint density at radius 1 is 1.47 bits per heavy atom. The molecule has 0 aliphatic carbocycles. The highest BCUT2D eigenvalue weighted by molar-refractivity contribution is 9.10. The van der Waals surface area contributed by atoms with Gasteiger partial charge in [-0.2, -0.15) is 0 Å². The van der Waals surface area contributed by atoms with E-state index < -0.39 is 5.60 Å². The van der Waals surface area contributed by atoms with Gasteiger partial charge >= 0.3 is 0 Å². The Morgan fingerprint density at radius 3 is 2.68 bits per heavy atom. The predicted molar refractivity (Wildman–Crippen MR) is 80.4 cm³/mol. The molecule has 0 aliphatic heterocycles. The van der Waals surface area contributed by atoms with Crippen LogP contribution in [-0.2, 0) is 0 Å². The smallest absolute Gasteiger partial charge is 0.252 e. The van der Waals surface area contributed by atoms with Gasteiger partial charge in [-0.25, -0.2) is 0 Å². The van der Waals surface area contributed by atoms with Gasteiger partial charge in [0.15, 0.2) is 0 Å². The number of nitrogens with one attached hydrogen (secondary N) is 1. The van der Waals surface area contributed by atoms with Gasteiger partial charge < -0.3 is 15.3 Å². The number of carbonyl (C=O) groups excluding carboxylic acids is 1. The lowest BCUT2D eigenvalue weighted by Crippen LogP contribution is -2.47. The zero-order valence-electron chi connectivity index (χ0n) is 11.8. The minimum absolute atomic E-state index is 0.186. The molecule has 1 atom stereocenters. The fourth-order valence-electron chi connectivity index (χ4n) is 1.93. The fraction of sp³-hybridized carbons (Fsp3) is 0.500. The van der Waals surface area contributed by atoms with Gasteiger partial charge in [-0.3, -0.25) is 4.79 Å². The molecule has 1 aromatic rings. The highest BCUT2D eigenvalue weighted by Crippen LogP contribution is 2.20. The first-order chi connectivity index (χ1) is 8.73. The summed E-state index contributed by atoms with van der Waals surface area (Å²) in [5, 5.41) is 12.9. The van der Waals surface area contributed by atoms with Crippen molar-refractivity contribution in [1.29, 1.82) is 0 Å². The normalized spacial score (nSPS) is 14.3. The van der Waals surface area contributed by atoms with Crippen molar-refractivity contribution >= 4 is 21.8 Å². The molecule has 1 unspecified atom stereocenters. The summed E-state index contributed by atoms with van der Waals surface area (Å²) < 4.78 is 0.791. The average molecular weight is 329 g/mol. The van der Waals surface area contributed by atoms with Gasteiger partial charge in [-0.05, 0) is 55.5 Å². The second kappa shape index (κ2) is 6.50. The number of benzene rings is 1. The van der Waals surface area contributed by atoms with Crippen LogP contribution in [0, 0.1) is 6.92 Å². The molecule has 106 valence electrons. The molecule has 0 aliphatic rings. The minimum Gasteiger partial charge on any atom is -0.387 e. The summed E-state index contributed by atoms with van der Waals surface area (Å²) in [6.45, 7) is 4.34. The second-order valence-corrected chi connectivity index (χ2v) is 6.15. The Bertz CT molecular complexity index is 459. The van der Waals surface area contributed by atoms with E-state index in [9.17, 15) is 9.90 Å². The lowest BCUT2D eigenvalue weighted by molar-refractivity contribution is 0.0326. The summed E-state index contributed by atoms with van der Waals surface area (Å²) in [6, 6.07) is 5.53. The van der Waals surface area contributed by atoms with Crippen LogP contribution in [-0.4, -0.2) is 48.7 Å². The number of rotatable bonds is 5. The summed E-state index contributed by atoms with van der Waals surface area (Å²) in [5.74, 6) is -0.186. The summed E-state index contributed by atoms with van der Waals surface area (Å²) in [5.41, 5.74) is 0.642. The molecule has 5 heteroatoms. The molecule has 1 rings (SSSR count). The summed E-state index contributed by atoms with van der Waals surface area (Å²) >= 11 is 3.41. The third-order valence-electron chi connectivity index (χ3n) is 2.72. The monoisotopic (exact) mass is 328 g/mol. The Hall–Kier alpha value is -0.910. The van der Waals surface area contributed by atoms with E-state index in [1.807, 2.05) is 38.1 Å². The summed E-state index contributed by atoms with van der Waals surface area (Å²) in [4.78, 5) is 14.0. The van der Waals surface area contributed by atoms with Crippen LogP contribution in [0.15, 0.2) is 22.7 Å². The third-order valence-corrected chi connectivity index (χ3v) is 3.78. The highest BCUT2D eigenvalue weighted by atomic mass is 79.9. The summed E-state index contributed by atoms with van der Waals surface area (Å²) in [7, 11) is 3.76. The molecule has 0 radical (unpaired) electrons. The van der Waals surface area contributed by atoms with Gasteiger partial charge in [0.2, 0.25) is 0 Å². The maximum Gasteiger partial charge on any atom is 0.252 e. The van der Waals surface area contributed by atoms with Crippen molar-refractivity contribution < 1.29 is 9.90 Å². The van der Waals surface area contributed by atoms with Gasteiger partial charge in [0, 0.05) is 17.6 Å². The van der Waals surface area contributed by atoms with Gasteiger partial charge in [0.05, 0.1) is 11.2 Å². The molecule has 19 heavy (non-hydrogen) atoms. The van der Waals surface area contributed by atoms with E-state index in [1.54, 1.807) is 13.0 Å². The van der Waals surface area contributed by atoms with Gasteiger partial charge in [-0.15, -0.1) is 0 Å². The van der Waals surface area contributed by atoms with Crippen molar-refractivity contribution in [3.8, 4) is 0 Å². The van der Waals surface area contributed by atoms with Crippen LogP contribution in [0.25, 0.3) is 0 Å². The van der Waals surface area contributed by atoms with Gasteiger partial charge in [0.1, 0.15) is 0 Å². The first-order valence-corrected chi connectivity index (χ1v) is 6.93. The fourth-order valence-corrected chi connectivity index (χ4v) is 2.37.